The molecule has 82 valence electrons. The molecule has 15 heavy (non-hydrogen) atoms. The van der Waals surface area contributed by atoms with E-state index in [-0.39, 0.29) is 5.91 Å². The fraction of sp³-hybridized carbons (Fsp3) is 0.300. The van der Waals surface area contributed by atoms with E-state index in [9.17, 15) is 4.79 Å². The summed E-state index contributed by atoms with van der Waals surface area (Å²) in [6.45, 7) is 2.21. The molecule has 5 nitrogen and oxygen atoms in total. The zero-order valence-corrected chi connectivity index (χ0v) is 8.86. The fourth-order valence-corrected chi connectivity index (χ4v) is 1.15. The maximum Gasteiger partial charge on any atom is 0.269 e. The van der Waals surface area contributed by atoms with E-state index in [0.717, 1.165) is 5.01 Å². The van der Waals surface area contributed by atoms with Crippen LogP contribution in [-0.4, -0.2) is 24.6 Å². The maximum absolute atomic E-state index is 11.7. The van der Waals surface area contributed by atoms with Crippen LogP contribution in [0.4, 0.5) is 5.69 Å². The van der Waals surface area contributed by atoms with Crippen LogP contribution in [0.25, 0.3) is 0 Å². The lowest BCUT2D eigenvalue weighted by Gasteiger charge is -2.15. The lowest BCUT2D eigenvalue weighted by Crippen LogP contribution is -2.37. The average Bonchev–Trinajstić information content (AvgIpc) is 2.27. The average molecular weight is 209 g/mol. The van der Waals surface area contributed by atoms with Crippen molar-refractivity contribution in [2.24, 2.45) is 5.84 Å². The third kappa shape index (κ3) is 2.38. The SMILES string of the molecule is CCN(N)C(=O)c1cc(OC)ccc1N. The Morgan fingerprint density at radius 2 is 2.20 bits per heavy atom. The van der Waals surface area contributed by atoms with Gasteiger partial charge in [-0.3, -0.25) is 9.80 Å². The number of carbonyl (C=O) groups is 1. The highest BCUT2D eigenvalue weighted by Crippen LogP contribution is 2.20. The Kier molecular flexibility index (Phi) is 3.51. The van der Waals surface area contributed by atoms with Crippen molar-refractivity contribution in [3.8, 4) is 5.75 Å². The van der Waals surface area contributed by atoms with E-state index >= 15 is 0 Å². The van der Waals surface area contributed by atoms with Crippen molar-refractivity contribution in [3.63, 3.8) is 0 Å². The first-order valence-corrected chi connectivity index (χ1v) is 4.60. The molecule has 1 aromatic carbocycles. The summed E-state index contributed by atoms with van der Waals surface area (Å²) in [5, 5.41) is 1.10. The van der Waals surface area contributed by atoms with Crippen molar-refractivity contribution < 1.29 is 9.53 Å². The summed E-state index contributed by atoms with van der Waals surface area (Å²) in [6, 6.07) is 4.89. The van der Waals surface area contributed by atoms with Gasteiger partial charge in [0.15, 0.2) is 0 Å². The zero-order valence-electron chi connectivity index (χ0n) is 8.86. The molecule has 0 heterocycles. The van der Waals surface area contributed by atoms with Gasteiger partial charge in [-0.2, -0.15) is 0 Å². The van der Waals surface area contributed by atoms with Crippen molar-refractivity contribution in [2.45, 2.75) is 6.92 Å². The molecule has 0 atom stereocenters. The lowest BCUT2D eigenvalue weighted by molar-refractivity contribution is 0.0765. The normalized spacial score (nSPS) is 9.80. The third-order valence-electron chi connectivity index (χ3n) is 2.09. The van der Waals surface area contributed by atoms with E-state index in [0.29, 0.717) is 23.5 Å². The molecule has 0 aliphatic heterocycles. The van der Waals surface area contributed by atoms with Gasteiger partial charge in [-0.15, -0.1) is 0 Å². The number of nitrogen functional groups attached to an aromatic ring is 1. The molecule has 0 unspecified atom stereocenters. The first-order valence-electron chi connectivity index (χ1n) is 4.60. The summed E-state index contributed by atoms with van der Waals surface area (Å²) in [7, 11) is 1.53. The summed E-state index contributed by atoms with van der Waals surface area (Å²) in [4.78, 5) is 11.7. The van der Waals surface area contributed by atoms with E-state index < -0.39 is 0 Å². The van der Waals surface area contributed by atoms with Crippen LogP contribution in [0.2, 0.25) is 0 Å². The Bertz CT molecular complexity index is 366. The Hall–Kier alpha value is -1.75. The summed E-state index contributed by atoms with van der Waals surface area (Å²) >= 11 is 0. The summed E-state index contributed by atoms with van der Waals surface area (Å²) in [5.41, 5.74) is 6.43. The molecule has 0 radical (unpaired) electrons. The van der Waals surface area contributed by atoms with Gasteiger partial charge in [0.2, 0.25) is 0 Å². The largest absolute Gasteiger partial charge is 0.497 e. The van der Waals surface area contributed by atoms with Gasteiger partial charge < -0.3 is 10.5 Å². The van der Waals surface area contributed by atoms with E-state index in [1.165, 1.54) is 7.11 Å². The van der Waals surface area contributed by atoms with E-state index in [2.05, 4.69) is 0 Å². The van der Waals surface area contributed by atoms with Gasteiger partial charge in [0.05, 0.1) is 12.7 Å². The molecule has 1 aromatic rings. The number of hydrogen-bond donors (Lipinski definition) is 2. The van der Waals surface area contributed by atoms with Crippen molar-refractivity contribution in [2.75, 3.05) is 19.4 Å². The minimum Gasteiger partial charge on any atom is -0.497 e. The second-order valence-electron chi connectivity index (χ2n) is 3.04. The molecule has 5 heteroatoms. The van der Waals surface area contributed by atoms with Crippen LogP contribution in [-0.2, 0) is 0 Å². The molecule has 0 spiro atoms. The number of benzene rings is 1. The number of nitrogens with two attached hydrogens (primary N) is 2. The molecule has 0 aliphatic carbocycles. The van der Waals surface area contributed by atoms with Crippen LogP contribution >= 0.6 is 0 Å². The molecular weight excluding hydrogens is 194 g/mol. The van der Waals surface area contributed by atoms with Gasteiger partial charge in [0, 0.05) is 12.2 Å². The summed E-state index contributed by atoms with van der Waals surface area (Å²) < 4.78 is 5.01. The number of carbonyl (C=O) groups excluding carboxylic acids is 1. The van der Waals surface area contributed by atoms with Crippen LogP contribution in [0.3, 0.4) is 0 Å². The van der Waals surface area contributed by atoms with Crippen LogP contribution < -0.4 is 16.3 Å². The molecule has 4 N–H and O–H groups in total. The number of methoxy groups -OCH3 is 1. The van der Waals surface area contributed by atoms with E-state index in [1.807, 2.05) is 0 Å². The number of hydrogen-bond acceptors (Lipinski definition) is 4. The second kappa shape index (κ2) is 4.65. The topological polar surface area (TPSA) is 81.6 Å². The van der Waals surface area contributed by atoms with Gasteiger partial charge in [-0.1, -0.05) is 0 Å². The van der Waals surface area contributed by atoms with Crippen LogP contribution in [0.15, 0.2) is 18.2 Å². The highest BCUT2D eigenvalue weighted by atomic mass is 16.5. The molecular formula is C10H15N3O2. The van der Waals surface area contributed by atoms with Crippen LogP contribution in [0.5, 0.6) is 5.75 Å². The fourth-order valence-electron chi connectivity index (χ4n) is 1.15. The highest BCUT2D eigenvalue weighted by Gasteiger charge is 2.14. The van der Waals surface area contributed by atoms with Gasteiger partial charge in [-0.25, -0.2) is 5.84 Å². The first kappa shape index (κ1) is 11.3. The zero-order chi connectivity index (χ0) is 11.4. The van der Waals surface area contributed by atoms with Crippen molar-refractivity contribution in [1.29, 1.82) is 0 Å². The Morgan fingerprint density at radius 1 is 1.53 bits per heavy atom. The molecule has 1 rings (SSSR count). The maximum atomic E-state index is 11.7. The predicted octanol–water partition coefficient (Wildman–Crippen LogP) is 0.613. The molecule has 1 amide bonds. The van der Waals surface area contributed by atoms with Gasteiger partial charge in [0.25, 0.3) is 5.91 Å². The van der Waals surface area contributed by atoms with Crippen molar-refractivity contribution in [3.05, 3.63) is 23.8 Å². The van der Waals surface area contributed by atoms with Crippen molar-refractivity contribution >= 4 is 11.6 Å². The highest BCUT2D eigenvalue weighted by molar-refractivity contribution is 5.99. The van der Waals surface area contributed by atoms with E-state index in [4.69, 9.17) is 16.3 Å². The molecule has 0 aromatic heterocycles. The van der Waals surface area contributed by atoms with Gasteiger partial charge in [-0.05, 0) is 25.1 Å². The number of nitrogens with zero attached hydrogens (tertiary/aromatic N) is 1. The number of amides is 1. The Morgan fingerprint density at radius 3 is 2.73 bits per heavy atom. The number of anilines is 1. The number of rotatable bonds is 3. The number of hydrazine groups is 1. The lowest BCUT2D eigenvalue weighted by atomic mass is 10.1. The molecule has 0 saturated heterocycles. The standard InChI is InChI=1S/C10H15N3O2/c1-3-13(12)10(14)8-6-7(15-2)4-5-9(8)11/h4-6H,3,11-12H2,1-2H3. The summed E-state index contributed by atoms with van der Waals surface area (Å²) in [6.07, 6.45) is 0. The third-order valence-corrected chi connectivity index (χ3v) is 2.09. The minimum absolute atomic E-state index is 0.311. The first-order chi connectivity index (χ1) is 7.10. The molecule has 0 bridgehead atoms. The van der Waals surface area contributed by atoms with Crippen LogP contribution in [0, 0.1) is 0 Å². The quantitative estimate of drug-likeness (QED) is 0.331. The second-order valence-corrected chi connectivity index (χ2v) is 3.04. The predicted molar refractivity (Wildman–Crippen MR) is 58.3 cm³/mol. The van der Waals surface area contributed by atoms with Gasteiger partial charge >= 0.3 is 0 Å². The number of ether oxygens (including phenoxy) is 1. The monoisotopic (exact) mass is 209 g/mol. The summed E-state index contributed by atoms with van der Waals surface area (Å²) in [5.74, 6) is 5.77. The smallest absolute Gasteiger partial charge is 0.269 e. The Labute approximate surface area is 88.6 Å². The van der Waals surface area contributed by atoms with E-state index in [1.54, 1.807) is 25.1 Å². The Balaban J connectivity index is 3.07. The van der Waals surface area contributed by atoms with Crippen LogP contribution in [0.1, 0.15) is 17.3 Å². The molecule has 0 aliphatic rings. The molecule has 0 fully saturated rings. The molecule has 0 saturated carbocycles. The minimum atomic E-state index is -0.311. The van der Waals surface area contributed by atoms with Crippen molar-refractivity contribution in [1.82, 2.24) is 5.01 Å². The van der Waals surface area contributed by atoms with Gasteiger partial charge in [0.1, 0.15) is 5.75 Å².